The van der Waals surface area contributed by atoms with Crippen LogP contribution in [-0.4, -0.2) is 13.7 Å². The lowest BCUT2D eigenvalue weighted by Gasteiger charge is -2.17. The van der Waals surface area contributed by atoms with Crippen LogP contribution in [0.3, 0.4) is 0 Å². The molecule has 2 aromatic carbocycles. The SMILES string of the molecule is CCC(NCCc1ccc(OC)cc1)c1ccc(C)cc1. The molecule has 0 saturated heterocycles. The van der Waals surface area contributed by atoms with Crippen molar-refractivity contribution in [1.82, 2.24) is 5.32 Å². The first kappa shape index (κ1) is 15.6. The topological polar surface area (TPSA) is 21.3 Å². The van der Waals surface area contributed by atoms with Gasteiger partial charge >= 0.3 is 0 Å². The number of ether oxygens (including phenoxy) is 1. The van der Waals surface area contributed by atoms with Gasteiger partial charge in [0.1, 0.15) is 5.75 Å². The zero-order valence-corrected chi connectivity index (χ0v) is 13.2. The highest BCUT2D eigenvalue weighted by molar-refractivity contribution is 5.27. The van der Waals surface area contributed by atoms with E-state index in [0.29, 0.717) is 6.04 Å². The molecule has 1 N–H and O–H groups in total. The van der Waals surface area contributed by atoms with Crippen LogP contribution in [0, 0.1) is 6.92 Å². The normalized spacial score (nSPS) is 12.1. The van der Waals surface area contributed by atoms with Crippen LogP contribution in [0.1, 0.15) is 36.1 Å². The second kappa shape index (κ2) is 7.84. The summed E-state index contributed by atoms with van der Waals surface area (Å²) >= 11 is 0. The van der Waals surface area contributed by atoms with Gasteiger partial charge in [0.25, 0.3) is 0 Å². The van der Waals surface area contributed by atoms with Crippen LogP contribution < -0.4 is 10.1 Å². The largest absolute Gasteiger partial charge is 0.497 e. The third kappa shape index (κ3) is 4.61. The maximum atomic E-state index is 5.18. The van der Waals surface area contributed by atoms with Gasteiger partial charge in [0.15, 0.2) is 0 Å². The molecule has 0 aliphatic heterocycles. The third-order valence-electron chi connectivity index (χ3n) is 3.85. The molecule has 2 aromatic rings. The molecule has 0 heterocycles. The Bertz CT molecular complexity index is 530. The van der Waals surface area contributed by atoms with E-state index in [2.05, 4.69) is 55.6 Å². The van der Waals surface area contributed by atoms with Gasteiger partial charge in [-0.1, -0.05) is 48.9 Å². The highest BCUT2D eigenvalue weighted by Crippen LogP contribution is 2.17. The predicted molar refractivity (Wildman–Crippen MR) is 88.9 cm³/mol. The molecule has 0 aromatic heterocycles. The standard InChI is InChI=1S/C19H25NO/c1-4-19(17-9-5-15(2)6-10-17)20-14-13-16-7-11-18(21-3)12-8-16/h5-12,19-20H,4,13-14H2,1-3H3. The summed E-state index contributed by atoms with van der Waals surface area (Å²) in [6.07, 6.45) is 2.14. The van der Waals surface area contributed by atoms with Crippen molar-refractivity contribution in [2.24, 2.45) is 0 Å². The minimum absolute atomic E-state index is 0.434. The Morgan fingerprint density at radius 1 is 1.00 bits per heavy atom. The molecular formula is C19H25NO. The molecular weight excluding hydrogens is 258 g/mol. The molecule has 0 saturated carbocycles. The van der Waals surface area contributed by atoms with E-state index in [-0.39, 0.29) is 0 Å². The first-order valence-corrected chi connectivity index (χ1v) is 7.65. The van der Waals surface area contributed by atoms with Crippen LogP contribution in [0.2, 0.25) is 0 Å². The number of rotatable bonds is 7. The van der Waals surface area contributed by atoms with E-state index < -0.39 is 0 Å². The molecule has 1 atom stereocenters. The fourth-order valence-corrected chi connectivity index (χ4v) is 2.48. The van der Waals surface area contributed by atoms with Crippen molar-refractivity contribution < 1.29 is 4.74 Å². The quantitative estimate of drug-likeness (QED) is 0.818. The lowest BCUT2D eigenvalue weighted by atomic mass is 10.0. The molecule has 0 aliphatic carbocycles. The van der Waals surface area contributed by atoms with E-state index in [9.17, 15) is 0 Å². The summed E-state index contributed by atoms with van der Waals surface area (Å²) in [6.45, 7) is 5.34. The Morgan fingerprint density at radius 2 is 1.67 bits per heavy atom. The summed E-state index contributed by atoms with van der Waals surface area (Å²) < 4.78 is 5.18. The molecule has 2 heteroatoms. The molecule has 0 spiro atoms. The molecule has 21 heavy (non-hydrogen) atoms. The highest BCUT2D eigenvalue weighted by atomic mass is 16.5. The first-order chi connectivity index (χ1) is 10.2. The van der Waals surface area contributed by atoms with E-state index in [1.807, 2.05) is 12.1 Å². The summed E-state index contributed by atoms with van der Waals surface area (Å²) in [6, 6.07) is 17.6. The fraction of sp³-hybridized carbons (Fsp3) is 0.368. The van der Waals surface area contributed by atoms with Crippen molar-refractivity contribution in [3.05, 3.63) is 65.2 Å². The Morgan fingerprint density at radius 3 is 2.24 bits per heavy atom. The monoisotopic (exact) mass is 283 g/mol. The number of benzene rings is 2. The average molecular weight is 283 g/mol. The molecule has 0 aliphatic rings. The van der Waals surface area contributed by atoms with E-state index in [1.54, 1.807) is 7.11 Å². The van der Waals surface area contributed by atoms with Crippen molar-refractivity contribution in [3.8, 4) is 5.75 Å². The fourth-order valence-electron chi connectivity index (χ4n) is 2.48. The highest BCUT2D eigenvalue weighted by Gasteiger charge is 2.07. The Hall–Kier alpha value is -1.80. The lowest BCUT2D eigenvalue weighted by molar-refractivity contribution is 0.414. The number of hydrogen-bond donors (Lipinski definition) is 1. The third-order valence-corrected chi connectivity index (χ3v) is 3.85. The van der Waals surface area contributed by atoms with Gasteiger partial charge in [0.05, 0.1) is 7.11 Å². The van der Waals surface area contributed by atoms with Crippen LogP contribution in [0.15, 0.2) is 48.5 Å². The minimum atomic E-state index is 0.434. The number of hydrogen-bond acceptors (Lipinski definition) is 2. The van der Waals surface area contributed by atoms with Gasteiger partial charge in [-0.15, -0.1) is 0 Å². The average Bonchev–Trinajstić information content (AvgIpc) is 2.53. The summed E-state index contributed by atoms with van der Waals surface area (Å²) in [5, 5.41) is 3.65. The Kier molecular flexibility index (Phi) is 5.82. The van der Waals surface area contributed by atoms with Crippen LogP contribution in [-0.2, 0) is 6.42 Å². The van der Waals surface area contributed by atoms with Crippen LogP contribution in [0.5, 0.6) is 5.75 Å². The molecule has 0 amide bonds. The lowest BCUT2D eigenvalue weighted by Crippen LogP contribution is -2.23. The molecule has 1 unspecified atom stereocenters. The number of methoxy groups -OCH3 is 1. The van der Waals surface area contributed by atoms with Crippen LogP contribution >= 0.6 is 0 Å². The molecule has 0 fully saturated rings. The van der Waals surface area contributed by atoms with Gasteiger partial charge in [0.2, 0.25) is 0 Å². The van der Waals surface area contributed by atoms with E-state index >= 15 is 0 Å². The van der Waals surface area contributed by atoms with Crippen LogP contribution in [0.25, 0.3) is 0 Å². The van der Waals surface area contributed by atoms with Gasteiger partial charge in [-0.25, -0.2) is 0 Å². The summed E-state index contributed by atoms with van der Waals surface area (Å²) in [7, 11) is 1.70. The molecule has 2 rings (SSSR count). The van der Waals surface area contributed by atoms with Crippen molar-refractivity contribution in [2.75, 3.05) is 13.7 Å². The van der Waals surface area contributed by atoms with E-state index in [4.69, 9.17) is 4.74 Å². The van der Waals surface area contributed by atoms with Crippen LogP contribution in [0.4, 0.5) is 0 Å². The molecule has 112 valence electrons. The van der Waals surface area contributed by atoms with Crippen molar-refractivity contribution in [3.63, 3.8) is 0 Å². The van der Waals surface area contributed by atoms with Gasteiger partial charge < -0.3 is 10.1 Å². The molecule has 2 nitrogen and oxygen atoms in total. The number of nitrogens with one attached hydrogen (secondary N) is 1. The second-order valence-electron chi connectivity index (χ2n) is 5.42. The first-order valence-electron chi connectivity index (χ1n) is 7.65. The Balaban J connectivity index is 1.86. The molecule has 0 radical (unpaired) electrons. The van der Waals surface area contributed by atoms with Gasteiger partial charge in [-0.2, -0.15) is 0 Å². The van der Waals surface area contributed by atoms with Crippen molar-refractivity contribution in [1.29, 1.82) is 0 Å². The van der Waals surface area contributed by atoms with E-state index in [0.717, 1.165) is 25.1 Å². The molecule has 0 bridgehead atoms. The summed E-state index contributed by atoms with van der Waals surface area (Å²) in [5.74, 6) is 0.915. The zero-order chi connectivity index (χ0) is 15.1. The summed E-state index contributed by atoms with van der Waals surface area (Å²) in [4.78, 5) is 0. The zero-order valence-electron chi connectivity index (χ0n) is 13.2. The summed E-state index contributed by atoms with van der Waals surface area (Å²) in [5.41, 5.74) is 4.02. The van der Waals surface area contributed by atoms with Gasteiger partial charge in [-0.3, -0.25) is 0 Å². The Labute approximate surface area is 128 Å². The minimum Gasteiger partial charge on any atom is -0.497 e. The smallest absolute Gasteiger partial charge is 0.118 e. The van der Waals surface area contributed by atoms with Crippen molar-refractivity contribution >= 4 is 0 Å². The van der Waals surface area contributed by atoms with Crippen molar-refractivity contribution in [2.45, 2.75) is 32.7 Å². The maximum absolute atomic E-state index is 5.18. The van der Waals surface area contributed by atoms with Gasteiger partial charge in [-0.05, 0) is 49.6 Å². The predicted octanol–water partition coefficient (Wildman–Crippen LogP) is 4.29. The number of aryl methyl sites for hydroxylation is 1. The second-order valence-corrected chi connectivity index (χ2v) is 5.42. The maximum Gasteiger partial charge on any atom is 0.118 e. The van der Waals surface area contributed by atoms with E-state index in [1.165, 1.54) is 16.7 Å². The van der Waals surface area contributed by atoms with Gasteiger partial charge in [0, 0.05) is 6.04 Å².